The number of rotatable bonds is 5. The van der Waals surface area contributed by atoms with E-state index in [4.69, 9.17) is 4.99 Å². The lowest BCUT2D eigenvalue weighted by atomic mass is 10.0. The number of likely N-dealkylation sites (tertiary alicyclic amines) is 1. The number of guanidine groups is 1. The van der Waals surface area contributed by atoms with Gasteiger partial charge in [-0.3, -0.25) is 4.99 Å². The molecule has 2 saturated carbocycles. The van der Waals surface area contributed by atoms with E-state index in [9.17, 15) is 0 Å². The molecule has 2 unspecified atom stereocenters. The van der Waals surface area contributed by atoms with Crippen LogP contribution in [0, 0.1) is 0 Å². The minimum atomic E-state index is 0. The minimum absolute atomic E-state index is 0. The fraction of sp³-hybridized carbons (Fsp3) is 0.682. The lowest BCUT2D eigenvalue weighted by Gasteiger charge is -2.36. The predicted molar refractivity (Wildman–Crippen MR) is 124 cm³/mol. The predicted octanol–water partition coefficient (Wildman–Crippen LogP) is 4.12. The zero-order valence-electron chi connectivity index (χ0n) is 16.6. The second-order valence-electron chi connectivity index (χ2n) is 8.22. The van der Waals surface area contributed by atoms with Crippen LogP contribution in [0.4, 0.5) is 0 Å². The van der Waals surface area contributed by atoms with Gasteiger partial charge in [-0.2, -0.15) is 0 Å². The largest absolute Gasteiger partial charge is 0.354 e. The van der Waals surface area contributed by atoms with Crippen molar-refractivity contribution < 1.29 is 0 Å². The smallest absolute Gasteiger partial charge is 0.191 e. The molecule has 0 radical (unpaired) electrons. The number of hydrogen-bond donors (Lipinski definition) is 2. The summed E-state index contributed by atoms with van der Waals surface area (Å²) in [4.78, 5) is 7.44. The van der Waals surface area contributed by atoms with E-state index in [-0.39, 0.29) is 24.0 Å². The third kappa shape index (κ3) is 5.59. The zero-order valence-corrected chi connectivity index (χ0v) is 18.9. The van der Waals surface area contributed by atoms with E-state index in [1.54, 1.807) is 0 Å². The Bertz CT molecular complexity index is 592. The minimum Gasteiger partial charge on any atom is -0.354 e. The Labute approximate surface area is 181 Å². The SMILES string of the molecule is CCN=C(NC1CCN(C2CCCC2)CC1)NC1CC1c1ccccc1.I. The molecule has 0 amide bonds. The lowest BCUT2D eigenvalue weighted by Crippen LogP contribution is -2.50. The van der Waals surface area contributed by atoms with Crippen molar-refractivity contribution in [1.29, 1.82) is 0 Å². The number of aliphatic imine (C=N–C) groups is 1. The van der Waals surface area contributed by atoms with Gasteiger partial charge in [0.2, 0.25) is 0 Å². The van der Waals surface area contributed by atoms with E-state index in [1.165, 1.54) is 63.6 Å². The van der Waals surface area contributed by atoms with E-state index < -0.39 is 0 Å². The molecule has 27 heavy (non-hydrogen) atoms. The Morgan fingerprint density at radius 1 is 1.04 bits per heavy atom. The second kappa shape index (κ2) is 10.1. The average Bonchev–Trinajstić information content (AvgIpc) is 3.22. The van der Waals surface area contributed by atoms with E-state index in [0.717, 1.165) is 18.5 Å². The molecular weight excluding hydrogens is 447 g/mol. The van der Waals surface area contributed by atoms with Crippen LogP contribution >= 0.6 is 24.0 Å². The highest BCUT2D eigenvalue weighted by Gasteiger charge is 2.39. The summed E-state index contributed by atoms with van der Waals surface area (Å²) >= 11 is 0. The van der Waals surface area contributed by atoms with E-state index in [0.29, 0.717) is 18.0 Å². The second-order valence-corrected chi connectivity index (χ2v) is 8.22. The molecule has 150 valence electrons. The molecule has 5 heteroatoms. The number of nitrogens with zero attached hydrogens (tertiary/aromatic N) is 2. The summed E-state index contributed by atoms with van der Waals surface area (Å²) in [6.07, 6.45) is 9.42. The van der Waals surface area contributed by atoms with Gasteiger partial charge in [0.1, 0.15) is 0 Å². The van der Waals surface area contributed by atoms with E-state index in [1.807, 2.05) is 0 Å². The van der Waals surface area contributed by atoms with Crippen molar-refractivity contribution in [3.63, 3.8) is 0 Å². The van der Waals surface area contributed by atoms with Crippen LogP contribution in [0.15, 0.2) is 35.3 Å². The average molecular weight is 482 g/mol. The van der Waals surface area contributed by atoms with Crippen LogP contribution < -0.4 is 10.6 Å². The highest BCUT2D eigenvalue weighted by Crippen LogP contribution is 2.40. The normalized spacial score (nSPS) is 27.2. The topological polar surface area (TPSA) is 39.7 Å². The van der Waals surface area contributed by atoms with Gasteiger partial charge in [0.05, 0.1) is 0 Å². The van der Waals surface area contributed by atoms with Crippen LogP contribution in [0.3, 0.4) is 0 Å². The van der Waals surface area contributed by atoms with Gasteiger partial charge < -0.3 is 15.5 Å². The molecule has 2 N–H and O–H groups in total. The first kappa shape index (κ1) is 20.9. The molecule has 1 aliphatic heterocycles. The van der Waals surface area contributed by atoms with Gasteiger partial charge in [-0.05, 0) is 44.6 Å². The molecule has 0 bridgehead atoms. The summed E-state index contributed by atoms with van der Waals surface area (Å²) < 4.78 is 0. The van der Waals surface area contributed by atoms with Crippen molar-refractivity contribution in [2.24, 2.45) is 4.99 Å². The van der Waals surface area contributed by atoms with Crippen LogP contribution in [-0.4, -0.2) is 48.6 Å². The molecule has 3 aliphatic rings. The number of halogens is 1. The van der Waals surface area contributed by atoms with Crippen molar-refractivity contribution >= 4 is 29.9 Å². The van der Waals surface area contributed by atoms with Crippen LogP contribution in [0.5, 0.6) is 0 Å². The highest BCUT2D eigenvalue weighted by atomic mass is 127. The molecular formula is C22H35IN4. The summed E-state index contributed by atoms with van der Waals surface area (Å²) in [5.74, 6) is 1.67. The van der Waals surface area contributed by atoms with Gasteiger partial charge in [-0.25, -0.2) is 0 Å². The maximum absolute atomic E-state index is 4.70. The summed E-state index contributed by atoms with van der Waals surface area (Å²) in [7, 11) is 0. The lowest BCUT2D eigenvalue weighted by molar-refractivity contribution is 0.150. The first-order chi connectivity index (χ1) is 12.8. The molecule has 4 nitrogen and oxygen atoms in total. The Morgan fingerprint density at radius 3 is 2.41 bits per heavy atom. The first-order valence-corrected chi connectivity index (χ1v) is 10.7. The van der Waals surface area contributed by atoms with Crippen molar-refractivity contribution in [3.05, 3.63) is 35.9 Å². The van der Waals surface area contributed by atoms with Gasteiger partial charge in [0.15, 0.2) is 5.96 Å². The molecule has 2 aliphatic carbocycles. The first-order valence-electron chi connectivity index (χ1n) is 10.7. The molecule has 1 aromatic carbocycles. The summed E-state index contributed by atoms with van der Waals surface area (Å²) in [5.41, 5.74) is 1.45. The zero-order chi connectivity index (χ0) is 17.8. The number of nitrogens with one attached hydrogen (secondary N) is 2. The Kier molecular flexibility index (Phi) is 7.82. The van der Waals surface area contributed by atoms with Crippen LogP contribution in [-0.2, 0) is 0 Å². The number of piperidine rings is 1. The van der Waals surface area contributed by atoms with E-state index >= 15 is 0 Å². The fourth-order valence-corrected chi connectivity index (χ4v) is 4.76. The molecule has 0 spiro atoms. The number of hydrogen-bond acceptors (Lipinski definition) is 2. The van der Waals surface area contributed by atoms with Crippen LogP contribution in [0.1, 0.15) is 63.4 Å². The maximum Gasteiger partial charge on any atom is 0.191 e. The van der Waals surface area contributed by atoms with Gasteiger partial charge in [0.25, 0.3) is 0 Å². The Hall–Kier alpha value is -0.820. The molecule has 3 fully saturated rings. The van der Waals surface area contributed by atoms with Crippen molar-refractivity contribution in [1.82, 2.24) is 15.5 Å². The van der Waals surface area contributed by atoms with E-state index in [2.05, 4.69) is 52.8 Å². The highest BCUT2D eigenvalue weighted by molar-refractivity contribution is 14.0. The van der Waals surface area contributed by atoms with Gasteiger partial charge in [0, 0.05) is 43.7 Å². The third-order valence-corrected chi connectivity index (χ3v) is 6.37. The third-order valence-electron chi connectivity index (χ3n) is 6.37. The summed E-state index contributed by atoms with van der Waals surface area (Å²) in [6, 6.07) is 12.8. The molecule has 1 saturated heterocycles. The van der Waals surface area contributed by atoms with Crippen molar-refractivity contribution in [3.8, 4) is 0 Å². The molecule has 2 atom stereocenters. The quantitative estimate of drug-likeness (QED) is 0.377. The summed E-state index contributed by atoms with van der Waals surface area (Å²) in [5, 5.41) is 7.40. The molecule has 1 aromatic rings. The maximum atomic E-state index is 4.70. The molecule has 4 rings (SSSR count). The fourth-order valence-electron chi connectivity index (χ4n) is 4.76. The van der Waals surface area contributed by atoms with Gasteiger partial charge >= 0.3 is 0 Å². The van der Waals surface area contributed by atoms with Crippen molar-refractivity contribution in [2.45, 2.75) is 75.9 Å². The van der Waals surface area contributed by atoms with Crippen LogP contribution in [0.25, 0.3) is 0 Å². The van der Waals surface area contributed by atoms with Gasteiger partial charge in [-0.1, -0.05) is 43.2 Å². The van der Waals surface area contributed by atoms with Gasteiger partial charge in [-0.15, -0.1) is 24.0 Å². The number of benzene rings is 1. The standard InChI is InChI=1S/C22H34N4.HI/c1-2-23-22(25-21-16-20(21)17-8-4-3-5-9-17)24-18-12-14-26(15-13-18)19-10-6-7-11-19;/h3-5,8-9,18-21H,2,6-7,10-16H2,1H3,(H2,23,24,25);1H. The molecule has 1 heterocycles. The Morgan fingerprint density at radius 2 is 1.74 bits per heavy atom. The van der Waals surface area contributed by atoms with Crippen LogP contribution in [0.2, 0.25) is 0 Å². The monoisotopic (exact) mass is 482 g/mol. The van der Waals surface area contributed by atoms with Crippen molar-refractivity contribution in [2.75, 3.05) is 19.6 Å². The Balaban J connectivity index is 0.00000210. The summed E-state index contributed by atoms with van der Waals surface area (Å²) in [6.45, 7) is 5.45. The molecule has 0 aromatic heterocycles.